The van der Waals surface area contributed by atoms with Gasteiger partial charge in [0.15, 0.2) is 0 Å². The Morgan fingerprint density at radius 1 is 1.29 bits per heavy atom. The predicted molar refractivity (Wildman–Crippen MR) is 77.1 cm³/mol. The van der Waals surface area contributed by atoms with Crippen LogP contribution in [0.15, 0.2) is 18.2 Å². The Labute approximate surface area is 123 Å². The molecule has 1 fully saturated rings. The normalized spacial score (nSPS) is 19.1. The lowest BCUT2D eigenvalue weighted by molar-refractivity contribution is -0.154. The monoisotopic (exact) mass is 290 g/mol. The Morgan fingerprint density at radius 2 is 1.95 bits per heavy atom. The van der Waals surface area contributed by atoms with Gasteiger partial charge in [-0.1, -0.05) is 6.07 Å². The van der Waals surface area contributed by atoms with Crippen LogP contribution in [-0.4, -0.2) is 46.9 Å². The number of piperazine rings is 1. The Hall–Kier alpha value is -2.37. The summed E-state index contributed by atoms with van der Waals surface area (Å²) in [5, 5.41) is 8.78. The van der Waals surface area contributed by atoms with Gasteiger partial charge in [0.2, 0.25) is 5.91 Å². The summed E-state index contributed by atoms with van der Waals surface area (Å²) in [6, 6.07) is 5.17. The number of imide groups is 1. The highest BCUT2D eigenvalue weighted by atomic mass is 16.4. The molecule has 1 aromatic carbocycles. The molecule has 1 aliphatic heterocycles. The molecule has 21 heavy (non-hydrogen) atoms. The molecule has 0 aromatic heterocycles. The van der Waals surface area contributed by atoms with Crippen molar-refractivity contribution in [1.82, 2.24) is 4.90 Å². The molecule has 1 aromatic rings. The quantitative estimate of drug-likeness (QED) is 0.839. The number of anilines is 1. The number of carboxylic acid groups (broad SMARTS) is 1. The van der Waals surface area contributed by atoms with Crippen molar-refractivity contribution in [2.75, 3.05) is 18.0 Å². The number of benzene rings is 1. The second-order valence-corrected chi connectivity index (χ2v) is 5.28. The molecule has 0 radical (unpaired) electrons. The molecule has 1 unspecified atom stereocenters. The van der Waals surface area contributed by atoms with Crippen LogP contribution in [0, 0.1) is 13.8 Å². The molecule has 1 N–H and O–H groups in total. The highest BCUT2D eigenvalue weighted by Crippen LogP contribution is 2.24. The third kappa shape index (κ3) is 2.89. The van der Waals surface area contributed by atoms with Gasteiger partial charge in [-0.2, -0.15) is 0 Å². The molecule has 1 aliphatic rings. The largest absolute Gasteiger partial charge is 0.480 e. The number of amides is 2. The molecule has 6 nitrogen and oxygen atoms in total. The average molecular weight is 290 g/mol. The van der Waals surface area contributed by atoms with Crippen LogP contribution in [0.4, 0.5) is 5.69 Å². The number of carbonyl (C=O) groups is 3. The van der Waals surface area contributed by atoms with E-state index in [2.05, 4.69) is 0 Å². The van der Waals surface area contributed by atoms with Crippen molar-refractivity contribution in [2.24, 2.45) is 0 Å². The topological polar surface area (TPSA) is 77.9 Å². The SMILES string of the molecule is Cc1ccc(N2CC(=O)N(CC(=O)O)C(=O)C2C)cc1C. The molecule has 2 amide bonds. The van der Waals surface area contributed by atoms with E-state index < -0.39 is 30.4 Å². The first-order valence-electron chi connectivity index (χ1n) is 6.71. The molecular formula is C15H18N2O4. The van der Waals surface area contributed by atoms with Crippen LogP contribution in [0.1, 0.15) is 18.1 Å². The summed E-state index contributed by atoms with van der Waals surface area (Å²) < 4.78 is 0. The molecule has 0 spiro atoms. The van der Waals surface area contributed by atoms with Crippen LogP contribution in [0.25, 0.3) is 0 Å². The fourth-order valence-electron chi connectivity index (χ4n) is 2.37. The van der Waals surface area contributed by atoms with Gasteiger partial charge in [-0.15, -0.1) is 0 Å². The molecule has 1 heterocycles. The first-order chi connectivity index (χ1) is 9.81. The van der Waals surface area contributed by atoms with Gasteiger partial charge in [-0.3, -0.25) is 19.3 Å². The molecule has 1 atom stereocenters. The molecule has 0 aliphatic carbocycles. The van der Waals surface area contributed by atoms with Gasteiger partial charge in [0.1, 0.15) is 12.6 Å². The third-order valence-electron chi connectivity index (χ3n) is 3.81. The van der Waals surface area contributed by atoms with E-state index in [-0.39, 0.29) is 6.54 Å². The number of hydrogen-bond acceptors (Lipinski definition) is 4. The van der Waals surface area contributed by atoms with Gasteiger partial charge in [0.25, 0.3) is 5.91 Å². The van der Waals surface area contributed by atoms with E-state index in [9.17, 15) is 14.4 Å². The first-order valence-corrected chi connectivity index (χ1v) is 6.71. The average Bonchev–Trinajstić information content (AvgIpc) is 2.42. The van der Waals surface area contributed by atoms with Crippen molar-refractivity contribution in [3.63, 3.8) is 0 Å². The van der Waals surface area contributed by atoms with Gasteiger partial charge in [-0.25, -0.2) is 0 Å². The summed E-state index contributed by atoms with van der Waals surface area (Å²) in [4.78, 5) is 37.5. The first kappa shape index (κ1) is 15.0. The highest BCUT2D eigenvalue weighted by Gasteiger charge is 2.38. The van der Waals surface area contributed by atoms with Gasteiger partial charge in [0, 0.05) is 5.69 Å². The predicted octanol–water partition coefficient (Wildman–Crippen LogP) is 0.952. The summed E-state index contributed by atoms with van der Waals surface area (Å²) in [6.07, 6.45) is 0. The zero-order chi connectivity index (χ0) is 15.7. The number of carboxylic acids is 1. The van der Waals surface area contributed by atoms with E-state index in [4.69, 9.17) is 5.11 Å². The zero-order valence-electron chi connectivity index (χ0n) is 12.3. The summed E-state index contributed by atoms with van der Waals surface area (Å²) in [6.45, 7) is 5.06. The maximum absolute atomic E-state index is 12.2. The van der Waals surface area contributed by atoms with Crippen LogP contribution in [0.3, 0.4) is 0 Å². The van der Waals surface area contributed by atoms with Crippen molar-refractivity contribution in [1.29, 1.82) is 0 Å². The second-order valence-electron chi connectivity index (χ2n) is 5.28. The van der Waals surface area contributed by atoms with Gasteiger partial charge in [-0.05, 0) is 44.0 Å². The lowest BCUT2D eigenvalue weighted by Gasteiger charge is -2.38. The van der Waals surface area contributed by atoms with E-state index in [1.54, 1.807) is 11.8 Å². The van der Waals surface area contributed by atoms with E-state index >= 15 is 0 Å². The third-order valence-corrected chi connectivity index (χ3v) is 3.81. The Bertz CT molecular complexity index is 612. The number of nitrogens with zero attached hydrogens (tertiary/aromatic N) is 2. The van der Waals surface area contributed by atoms with Crippen LogP contribution < -0.4 is 4.90 Å². The van der Waals surface area contributed by atoms with Crippen LogP contribution in [-0.2, 0) is 14.4 Å². The minimum absolute atomic E-state index is 0.00267. The Morgan fingerprint density at radius 3 is 2.52 bits per heavy atom. The molecule has 0 saturated carbocycles. The number of carbonyl (C=O) groups excluding carboxylic acids is 2. The molecular weight excluding hydrogens is 272 g/mol. The summed E-state index contributed by atoms with van der Waals surface area (Å²) >= 11 is 0. The van der Waals surface area contributed by atoms with E-state index in [0.717, 1.165) is 21.7 Å². The number of rotatable bonds is 3. The lowest BCUT2D eigenvalue weighted by Crippen LogP contribution is -2.60. The number of hydrogen-bond donors (Lipinski definition) is 1. The molecule has 0 bridgehead atoms. The van der Waals surface area contributed by atoms with Crippen LogP contribution >= 0.6 is 0 Å². The van der Waals surface area contributed by atoms with E-state index in [0.29, 0.717) is 0 Å². The van der Waals surface area contributed by atoms with Gasteiger partial charge in [0.05, 0.1) is 6.54 Å². The summed E-state index contributed by atoms with van der Waals surface area (Å²) in [5.41, 5.74) is 3.00. The standard InChI is InChI=1S/C15H18N2O4/c1-9-4-5-12(6-10(9)2)16-7-13(18)17(8-14(19)20)15(21)11(16)3/h4-6,11H,7-8H2,1-3H3,(H,19,20). The minimum atomic E-state index is -1.19. The van der Waals surface area contributed by atoms with E-state index in [1.165, 1.54) is 0 Å². The zero-order valence-corrected chi connectivity index (χ0v) is 12.3. The number of aryl methyl sites for hydroxylation is 2. The Kier molecular flexibility index (Phi) is 3.97. The molecule has 1 saturated heterocycles. The van der Waals surface area contributed by atoms with Gasteiger partial charge < -0.3 is 10.0 Å². The summed E-state index contributed by atoms with van der Waals surface area (Å²) in [7, 11) is 0. The second kappa shape index (κ2) is 5.55. The minimum Gasteiger partial charge on any atom is -0.480 e. The fourth-order valence-corrected chi connectivity index (χ4v) is 2.37. The molecule has 6 heteroatoms. The maximum atomic E-state index is 12.2. The van der Waals surface area contributed by atoms with Gasteiger partial charge >= 0.3 is 5.97 Å². The lowest BCUT2D eigenvalue weighted by atomic mass is 10.1. The fraction of sp³-hybridized carbons (Fsp3) is 0.400. The van der Waals surface area contributed by atoms with Crippen molar-refractivity contribution < 1.29 is 19.5 Å². The van der Waals surface area contributed by atoms with Crippen molar-refractivity contribution in [2.45, 2.75) is 26.8 Å². The maximum Gasteiger partial charge on any atom is 0.323 e. The molecule has 112 valence electrons. The smallest absolute Gasteiger partial charge is 0.323 e. The highest BCUT2D eigenvalue weighted by molar-refractivity contribution is 6.06. The van der Waals surface area contributed by atoms with Crippen LogP contribution in [0.2, 0.25) is 0 Å². The van der Waals surface area contributed by atoms with Crippen molar-refractivity contribution in [3.8, 4) is 0 Å². The Balaban J connectivity index is 2.28. The number of aliphatic carboxylic acids is 1. The summed E-state index contributed by atoms with van der Waals surface area (Å²) in [5.74, 6) is -2.16. The molecule has 2 rings (SSSR count). The van der Waals surface area contributed by atoms with Crippen LogP contribution in [0.5, 0.6) is 0 Å². The van der Waals surface area contributed by atoms with Crippen molar-refractivity contribution in [3.05, 3.63) is 29.3 Å². The van der Waals surface area contributed by atoms with Crippen molar-refractivity contribution >= 4 is 23.5 Å². The van der Waals surface area contributed by atoms with E-state index in [1.807, 2.05) is 32.0 Å².